The van der Waals surface area contributed by atoms with Gasteiger partial charge in [0, 0.05) is 25.0 Å². The van der Waals surface area contributed by atoms with Crippen LogP contribution in [0.25, 0.3) is 0 Å². The van der Waals surface area contributed by atoms with Crippen LogP contribution < -0.4 is 4.90 Å². The van der Waals surface area contributed by atoms with Gasteiger partial charge < -0.3 is 10.0 Å². The number of aromatic nitrogens is 2. The van der Waals surface area contributed by atoms with E-state index >= 15 is 0 Å². The third-order valence-corrected chi connectivity index (χ3v) is 2.78. The molecular weight excluding hydrogens is 218 g/mol. The quantitative estimate of drug-likeness (QED) is 0.723. The largest absolute Gasteiger partial charge is 0.395 e. The van der Waals surface area contributed by atoms with Gasteiger partial charge in [0.25, 0.3) is 0 Å². The second-order valence-corrected chi connectivity index (χ2v) is 3.82. The molecule has 0 unspecified atom stereocenters. The van der Waals surface area contributed by atoms with Crippen LogP contribution in [0.5, 0.6) is 0 Å². The molecule has 0 spiro atoms. The maximum atomic E-state index is 10.5. The van der Waals surface area contributed by atoms with Crippen molar-refractivity contribution in [2.75, 3.05) is 18.1 Å². The van der Waals surface area contributed by atoms with E-state index in [1.54, 1.807) is 0 Å². The minimum atomic E-state index is 0.0648. The number of aliphatic hydroxyl groups is 1. The van der Waals surface area contributed by atoms with E-state index in [0.717, 1.165) is 19.1 Å². The van der Waals surface area contributed by atoms with E-state index in [4.69, 9.17) is 5.11 Å². The summed E-state index contributed by atoms with van der Waals surface area (Å²) in [7, 11) is 0. The molecule has 0 fully saturated rings. The van der Waals surface area contributed by atoms with E-state index in [-0.39, 0.29) is 6.61 Å². The smallest absolute Gasteiger partial charge is 0.225 e. The molecule has 1 aromatic rings. The molecule has 1 N–H and O–H groups in total. The Labute approximate surface area is 102 Å². The highest BCUT2D eigenvalue weighted by atomic mass is 16.3. The number of rotatable bonds is 7. The van der Waals surface area contributed by atoms with Crippen LogP contribution in [0.2, 0.25) is 0 Å². The molecule has 0 amide bonds. The Kier molecular flexibility index (Phi) is 5.56. The van der Waals surface area contributed by atoms with E-state index in [2.05, 4.69) is 23.8 Å². The van der Waals surface area contributed by atoms with Crippen molar-refractivity contribution < 1.29 is 9.90 Å². The van der Waals surface area contributed by atoms with Gasteiger partial charge in [0.1, 0.15) is 0 Å². The highest BCUT2D eigenvalue weighted by molar-refractivity contribution is 5.73. The summed E-state index contributed by atoms with van der Waals surface area (Å²) in [6.07, 6.45) is 5.66. The van der Waals surface area contributed by atoms with Gasteiger partial charge in [0.15, 0.2) is 6.29 Å². The first kappa shape index (κ1) is 13.6. The predicted molar refractivity (Wildman–Crippen MR) is 66.2 cm³/mol. The minimum absolute atomic E-state index is 0.0648. The number of aldehydes is 1. The highest BCUT2D eigenvalue weighted by Crippen LogP contribution is 2.15. The second-order valence-electron chi connectivity index (χ2n) is 3.82. The molecule has 0 saturated heterocycles. The summed E-state index contributed by atoms with van der Waals surface area (Å²) < 4.78 is 0. The first-order chi connectivity index (χ1) is 8.26. The Hall–Kier alpha value is -1.49. The molecule has 5 heteroatoms. The third kappa shape index (κ3) is 3.49. The molecule has 17 heavy (non-hydrogen) atoms. The molecule has 0 atom stereocenters. The van der Waals surface area contributed by atoms with Crippen LogP contribution in [-0.4, -0.2) is 40.6 Å². The summed E-state index contributed by atoms with van der Waals surface area (Å²) in [4.78, 5) is 20.8. The molecule has 0 saturated carbocycles. The molecule has 0 aliphatic carbocycles. The van der Waals surface area contributed by atoms with Crippen molar-refractivity contribution in [3.63, 3.8) is 0 Å². The summed E-state index contributed by atoms with van der Waals surface area (Å²) in [6, 6.07) is 0.309. The van der Waals surface area contributed by atoms with Crippen molar-refractivity contribution in [1.82, 2.24) is 9.97 Å². The van der Waals surface area contributed by atoms with Crippen molar-refractivity contribution in [1.29, 1.82) is 0 Å². The van der Waals surface area contributed by atoms with E-state index in [1.165, 1.54) is 12.4 Å². The molecule has 1 rings (SSSR count). The van der Waals surface area contributed by atoms with Crippen molar-refractivity contribution in [3.8, 4) is 0 Å². The first-order valence-electron chi connectivity index (χ1n) is 5.91. The molecule has 1 heterocycles. The summed E-state index contributed by atoms with van der Waals surface area (Å²) in [5, 5.41) is 9.09. The maximum Gasteiger partial charge on any atom is 0.225 e. The fourth-order valence-electron chi connectivity index (χ4n) is 1.82. The second kappa shape index (κ2) is 6.96. The normalized spacial score (nSPS) is 10.6. The fourth-order valence-corrected chi connectivity index (χ4v) is 1.82. The standard InChI is InChI=1S/C12H19N3O2/c1-3-11(4-2)15(5-6-16)12-13-7-10(9-17)8-14-12/h7-9,11,16H,3-6H2,1-2H3. The van der Waals surface area contributed by atoms with Crippen molar-refractivity contribution in [2.24, 2.45) is 0 Å². The molecule has 0 aliphatic rings. The average molecular weight is 237 g/mol. The van der Waals surface area contributed by atoms with Gasteiger partial charge >= 0.3 is 0 Å². The number of aliphatic hydroxyl groups excluding tert-OH is 1. The minimum Gasteiger partial charge on any atom is -0.395 e. The topological polar surface area (TPSA) is 66.3 Å². The fraction of sp³-hybridized carbons (Fsp3) is 0.583. The molecule has 94 valence electrons. The average Bonchev–Trinajstić information content (AvgIpc) is 2.39. The van der Waals surface area contributed by atoms with Crippen LogP contribution >= 0.6 is 0 Å². The SMILES string of the molecule is CCC(CC)N(CCO)c1ncc(C=O)cn1. The molecular formula is C12H19N3O2. The summed E-state index contributed by atoms with van der Waals surface area (Å²) in [6.45, 7) is 4.76. The Balaban J connectivity index is 2.91. The molecule has 0 radical (unpaired) electrons. The van der Waals surface area contributed by atoms with E-state index in [0.29, 0.717) is 24.1 Å². The van der Waals surface area contributed by atoms with Gasteiger partial charge in [-0.25, -0.2) is 9.97 Å². The molecule has 0 bridgehead atoms. The third-order valence-electron chi connectivity index (χ3n) is 2.78. The van der Waals surface area contributed by atoms with E-state index in [1.807, 2.05) is 4.90 Å². The predicted octanol–water partition coefficient (Wildman–Crippen LogP) is 1.28. The molecule has 5 nitrogen and oxygen atoms in total. The van der Waals surface area contributed by atoms with Crippen LogP contribution in [0.4, 0.5) is 5.95 Å². The van der Waals surface area contributed by atoms with Crippen LogP contribution in [0, 0.1) is 0 Å². The van der Waals surface area contributed by atoms with Gasteiger partial charge in [-0.15, -0.1) is 0 Å². The number of anilines is 1. The Morgan fingerprint density at radius 3 is 2.35 bits per heavy atom. The lowest BCUT2D eigenvalue weighted by Crippen LogP contribution is -2.38. The maximum absolute atomic E-state index is 10.5. The van der Waals surface area contributed by atoms with E-state index < -0.39 is 0 Å². The van der Waals surface area contributed by atoms with Gasteiger partial charge in [-0.2, -0.15) is 0 Å². The van der Waals surface area contributed by atoms with Gasteiger partial charge in [-0.3, -0.25) is 4.79 Å². The van der Waals surface area contributed by atoms with Gasteiger partial charge in [0.05, 0.1) is 12.2 Å². The number of nitrogens with zero attached hydrogens (tertiary/aromatic N) is 3. The zero-order chi connectivity index (χ0) is 12.7. The van der Waals surface area contributed by atoms with E-state index in [9.17, 15) is 4.79 Å². The summed E-state index contributed by atoms with van der Waals surface area (Å²) >= 11 is 0. The zero-order valence-electron chi connectivity index (χ0n) is 10.3. The Morgan fingerprint density at radius 1 is 1.35 bits per heavy atom. The van der Waals surface area contributed by atoms with Crippen molar-refractivity contribution >= 4 is 12.2 Å². The molecule has 0 aliphatic heterocycles. The number of carbonyl (C=O) groups is 1. The van der Waals surface area contributed by atoms with Crippen molar-refractivity contribution in [3.05, 3.63) is 18.0 Å². The molecule has 0 aromatic carbocycles. The van der Waals surface area contributed by atoms with Crippen LogP contribution in [0.15, 0.2) is 12.4 Å². The Morgan fingerprint density at radius 2 is 1.94 bits per heavy atom. The molecule has 1 aromatic heterocycles. The number of hydrogen-bond acceptors (Lipinski definition) is 5. The number of carbonyl (C=O) groups excluding carboxylic acids is 1. The lowest BCUT2D eigenvalue weighted by molar-refractivity contribution is 0.112. The van der Waals surface area contributed by atoms with Crippen molar-refractivity contribution in [2.45, 2.75) is 32.7 Å². The zero-order valence-corrected chi connectivity index (χ0v) is 10.3. The Bertz CT molecular complexity index is 336. The number of hydrogen-bond donors (Lipinski definition) is 1. The van der Waals surface area contributed by atoms with Crippen LogP contribution in [0.3, 0.4) is 0 Å². The van der Waals surface area contributed by atoms with Gasteiger partial charge in [0.2, 0.25) is 5.95 Å². The van der Waals surface area contributed by atoms with Gasteiger partial charge in [-0.1, -0.05) is 13.8 Å². The first-order valence-corrected chi connectivity index (χ1v) is 5.91. The van der Waals surface area contributed by atoms with Crippen LogP contribution in [0.1, 0.15) is 37.0 Å². The van der Waals surface area contributed by atoms with Crippen LogP contribution in [-0.2, 0) is 0 Å². The summed E-state index contributed by atoms with van der Waals surface area (Å²) in [5.41, 5.74) is 0.460. The highest BCUT2D eigenvalue weighted by Gasteiger charge is 2.17. The summed E-state index contributed by atoms with van der Waals surface area (Å²) in [5.74, 6) is 0.568. The van der Waals surface area contributed by atoms with Gasteiger partial charge in [-0.05, 0) is 12.8 Å². The lowest BCUT2D eigenvalue weighted by atomic mass is 10.1. The monoisotopic (exact) mass is 237 g/mol. The lowest BCUT2D eigenvalue weighted by Gasteiger charge is -2.29.